The standard InChI is InChI=1S/C18H17N3/c1-2-3-11-16(14-15-9-5-4-6-10-15)21-18-13-8-7-12-17(18)19-20-21/h2-13H,14H2,1H3/b3-2+,16-11-. The minimum atomic E-state index is 0.818. The molecule has 3 rings (SSSR count). The van der Waals surface area contributed by atoms with Crippen molar-refractivity contribution in [3.8, 4) is 0 Å². The van der Waals surface area contributed by atoms with E-state index in [1.807, 2.05) is 54.1 Å². The van der Waals surface area contributed by atoms with E-state index in [4.69, 9.17) is 0 Å². The number of aromatic nitrogens is 3. The van der Waals surface area contributed by atoms with Crippen LogP contribution < -0.4 is 0 Å². The number of nitrogens with zero attached hydrogens (tertiary/aromatic N) is 3. The minimum Gasteiger partial charge on any atom is -0.217 e. The van der Waals surface area contributed by atoms with E-state index in [9.17, 15) is 0 Å². The molecule has 0 aliphatic heterocycles. The van der Waals surface area contributed by atoms with Gasteiger partial charge < -0.3 is 0 Å². The number of para-hydroxylation sites is 1. The number of allylic oxidation sites excluding steroid dienone is 4. The van der Waals surface area contributed by atoms with E-state index < -0.39 is 0 Å². The average molecular weight is 275 g/mol. The van der Waals surface area contributed by atoms with E-state index in [1.54, 1.807) is 0 Å². The van der Waals surface area contributed by atoms with E-state index in [-0.39, 0.29) is 0 Å². The Morgan fingerprint density at radius 3 is 2.62 bits per heavy atom. The molecule has 0 atom stereocenters. The highest BCUT2D eigenvalue weighted by Crippen LogP contribution is 2.18. The van der Waals surface area contributed by atoms with E-state index in [0.717, 1.165) is 23.2 Å². The van der Waals surface area contributed by atoms with Crippen LogP contribution in [0.1, 0.15) is 12.5 Å². The summed E-state index contributed by atoms with van der Waals surface area (Å²) in [7, 11) is 0. The summed E-state index contributed by atoms with van der Waals surface area (Å²) in [5.74, 6) is 0. The van der Waals surface area contributed by atoms with Crippen molar-refractivity contribution in [3.05, 3.63) is 78.4 Å². The molecule has 3 aromatic rings. The summed E-state index contributed by atoms with van der Waals surface area (Å²) < 4.78 is 1.92. The second-order valence-electron chi connectivity index (χ2n) is 4.84. The lowest BCUT2D eigenvalue weighted by Gasteiger charge is -2.08. The van der Waals surface area contributed by atoms with Gasteiger partial charge in [0.15, 0.2) is 0 Å². The zero-order chi connectivity index (χ0) is 14.5. The molecule has 104 valence electrons. The van der Waals surface area contributed by atoms with Crippen LogP contribution in [0.2, 0.25) is 0 Å². The largest absolute Gasteiger partial charge is 0.217 e. The van der Waals surface area contributed by atoms with Gasteiger partial charge >= 0.3 is 0 Å². The fourth-order valence-electron chi connectivity index (χ4n) is 2.30. The monoisotopic (exact) mass is 275 g/mol. The Morgan fingerprint density at radius 1 is 1.05 bits per heavy atom. The second-order valence-corrected chi connectivity index (χ2v) is 4.84. The maximum absolute atomic E-state index is 4.31. The predicted molar refractivity (Wildman–Crippen MR) is 86.8 cm³/mol. The molecule has 0 aliphatic carbocycles. The Balaban J connectivity index is 2.04. The van der Waals surface area contributed by atoms with Crippen molar-refractivity contribution in [2.75, 3.05) is 0 Å². The van der Waals surface area contributed by atoms with Gasteiger partial charge in [-0.25, -0.2) is 4.68 Å². The van der Waals surface area contributed by atoms with E-state index in [0.29, 0.717) is 0 Å². The molecular formula is C18H17N3. The molecular weight excluding hydrogens is 258 g/mol. The lowest BCUT2D eigenvalue weighted by Crippen LogP contribution is -2.02. The van der Waals surface area contributed by atoms with Crippen molar-refractivity contribution in [1.29, 1.82) is 0 Å². The van der Waals surface area contributed by atoms with Gasteiger partial charge in [0.25, 0.3) is 0 Å². The number of benzene rings is 2. The van der Waals surface area contributed by atoms with Gasteiger partial charge in [0.05, 0.1) is 5.52 Å². The second kappa shape index (κ2) is 6.18. The van der Waals surface area contributed by atoms with Crippen LogP contribution in [0.4, 0.5) is 0 Å². The molecule has 0 saturated carbocycles. The van der Waals surface area contributed by atoms with Gasteiger partial charge in [0, 0.05) is 12.1 Å². The van der Waals surface area contributed by atoms with Gasteiger partial charge in [-0.1, -0.05) is 59.8 Å². The zero-order valence-corrected chi connectivity index (χ0v) is 12.0. The van der Waals surface area contributed by atoms with Crippen LogP contribution in [-0.4, -0.2) is 15.0 Å². The van der Waals surface area contributed by atoms with Gasteiger partial charge in [0.1, 0.15) is 5.52 Å². The summed E-state index contributed by atoms with van der Waals surface area (Å²) in [6, 6.07) is 18.4. The number of hydrogen-bond donors (Lipinski definition) is 0. The maximum atomic E-state index is 4.31. The highest BCUT2D eigenvalue weighted by Gasteiger charge is 2.08. The van der Waals surface area contributed by atoms with Crippen molar-refractivity contribution < 1.29 is 0 Å². The topological polar surface area (TPSA) is 30.7 Å². The Hall–Kier alpha value is -2.68. The summed E-state index contributed by atoms with van der Waals surface area (Å²) >= 11 is 0. The quantitative estimate of drug-likeness (QED) is 0.671. The van der Waals surface area contributed by atoms with Gasteiger partial charge in [-0.2, -0.15) is 0 Å². The third-order valence-corrected chi connectivity index (χ3v) is 3.33. The lowest BCUT2D eigenvalue weighted by molar-refractivity contribution is 0.821. The summed E-state index contributed by atoms with van der Waals surface area (Å²) in [6.45, 7) is 2.01. The van der Waals surface area contributed by atoms with Gasteiger partial charge in [-0.05, 0) is 30.7 Å². The SMILES string of the molecule is C/C=C/C=C(/Cc1ccccc1)n1nnc2ccccc21. The van der Waals surface area contributed by atoms with Crippen LogP contribution in [0.15, 0.2) is 72.8 Å². The summed E-state index contributed by atoms with van der Waals surface area (Å²) in [5.41, 5.74) is 4.31. The van der Waals surface area contributed by atoms with Crippen molar-refractivity contribution >= 4 is 16.7 Å². The van der Waals surface area contributed by atoms with Gasteiger partial charge in [-0.15, -0.1) is 5.10 Å². The van der Waals surface area contributed by atoms with Crippen LogP contribution in [0.25, 0.3) is 16.7 Å². The van der Waals surface area contributed by atoms with Crippen molar-refractivity contribution in [2.24, 2.45) is 0 Å². The molecule has 21 heavy (non-hydrogen) atoms. The average Bonchev–Trinajstić information content (AvgIpc) is 2.96. The number of fused-ring (bicyclic) bond motifs is 1. The molecule has 0 bridgehead atoms. The van der Waals surface area contributed by atoms with Crippen LogP contribution in [-0.2, 0) is 6.42 Å². The third kappa shape index (κ3) is 2.92. The van der Waals surface area contributed by atoms with Crippen LogP contribution in [0.5, 0.6) is 0 Å². The molecule has 1 heterocycles. The number of rotatable bonds is 4. The Labute approximate surface area is 124 Å². The summed E-state index contributed by atoms with van der Waals surface area (Å²) in [4.78, 5) is 0. The summed E-state index contributed by atoms with van der Waals surface area (Å²) in [5, 5.41) is 8.55. The van der Waals surface area contributed by atoms with Crippen LogP contribution >= 0.6 is 0 Å². The van der Waals surface area contributed by atoms with E-state index >= 15 is 0 Å². The van der Waals surface area contributed by atoms with Crippen molar-refractivity contribution in [3.63, 3.8) is 0 Å². The number of hydrogen-bond acceptors (Lipinski definition) is 2. The molecule has 0 saturated heterocycles. The molecule has 0 radical (unpaired) electrons. The molecule has 0 unspecified atom stereocenters. The highest BCUT2D eigenvalue weighted by atomic mass is 15.4. The Kier molecular flexibility index (Phi) is 3.92. The maximum Gasteiger partial charge on any atom is 0.113 e. The zero-order valence-electron chi connectivity index (χ0n) is 12.0. The molecule has 0 spiro atoms. The first-order valence-corrected chi connectivity index (χ1v) is 7.05. The molecule has 1 aromatic heterocycles. The fourth-order valence-corrected chi connectivity index (χ4v) is 2.30. The minimum absolute atomic E-state index is 0.818. The molecule has 0 N–H and O–H groups in total. The molecule has 3 nitrogen and oxygen atoms in total. The smallest absolute Gasteiger partial charge is 0.113 e. The van der Waals surface area contributed by atoms with E-state index in [1.165, 1.54) is 5.56 Å². The molecule has 2 aromatic carbocycles. The summed E-state index contributed by atoms with van der Waals surface area (Å²) in [6.07, 6.45) is 6.96. The van der Waals surface area contributed by atoms with Gasteiger partial charge in [-0.3, -0.25) is 0 Å². The molecule has 0 aliphatic rings. The predicted octanol–water partition coefficient (Wildman–Crippen LogP) is 4.09. The first-order chi connectivity index (χ1) is 10.4. The van der Waals surface area contributed by atoms with Gasteiger partial charge in [0.2, 0.25) is 0 Å². The Morgan fingerprint density at radius 2 is 1.81 bits per heavy atom. The van der Waals surface area contributed by atoms with Crippen LogP contribution in [0.3, 0.4) is 0 Å². The first-order valence-electron chi connectivity index (χ1n) is 7.05. The molecule has 0 amide bonds. The fraction of sp³-hybridized carbons (Fsp3) is 0.111. The third-order valence-electron chi connectivity index (χ3n) is 3.33. The normalized spacial score (nSPS) is 12.3. The van der Waals surface area contributed by atoms with Crippen molar-refractivity contribution in [1.82, 2.24) is 15.0 Å². The Bertz CT molecular complexity index is 782. The van der Waals surface area contributed by atoms with Crippen molar-refractivity contribution in [2.45, 2.75) is 13.3 Å². The lowest BCUT2D eigenvalue weighted by atomic mass is 10.1. The van der Waals surface area contributed by atoms with E-state index in [2.05, 4.69) is 40.7 Å². The molecule has 0 fully saturated rings. The highest BCUT2D eigenvalue weighted by molar-refractivity contribution is 5.78. The van der Waals surface area contributed by atoms with Crippen LogP contribution in [0, 0.1) is 0 Å². The first kappa shape index (κ1) is 13.3. The molecule has 3 heteroatoms.